The minimum Gasteiger partial charge on any atom is -0.497 e. The molecule has 2 aromatic carbocycles. The van der Waals surface area contributed by atoms with Gasteiger partial charge >= 0.3 is 0 Å². The number of hydrogen-bond donors (Lipinski definition) is 2. The Labute approximate surface area is 128 Å². The summed E-state index contributed by atoms with van der Waals surface area (Å²) in [7, 11) is 1.64. The molecule has 2 rings (SSSR count). The van der Waals surface area contributed by atoms with E-state index >= 15 is 0 Å². The second-order valence-corrected chi connectivity index (χ2v) is 4.24. The van der Waals surface area contributed by atoms with Crippen molar-refractivity contribution in [3.05, 3.63) is 65.7 Å². The SMILES string of the molecule is COc1ccc(C(N)C(N)c2ccccc2)cc1.[Pt]. The summed E-state index contributed by atoms with van der Waals surface area (Å²) in [6, 6.07) is 17.2. The summed E-state index contributed by atoms with van der Waals surface area (Å²) >= 11 is 0. The van der Waals surface area contributed by atoms with Gasteiger partial charge in [0.25, 0.3) is 0 Å². The molecule has 3 nitrogen and oxygen atoms in total. The maximum Gasteiger partial charge on any atom is 0.118 e. The third-order valence-corrected chi connectivity index (χ3v) is 3.07. The zero-order chi connectivity index (χ0) is 13.0. The second kappa shape index (κ2) is 7.44. The van der Waals surface area contributed by atoms with Crippen LogP contribution in [-0.4, -0.2) is 7.11 Å². The number of nitrogens with two attached hydrogens (primary N) is 2. The summed E-state index contributed by atoms with van der Waals surface area (Å²) in [6.45, 7) is 0. The van der Waals surface area contributed by atoms with Gasteiger partial charge in [-0.15, -0.1) is 0 Å². The van der Waals surface area contributed by atoms with Crippen molar-refractivity contribution in [3.8, 4) is 5.75 Å². The van der Waals surface area contributed by atoms with E-state index in [1.165, 1.54) is 0 Å². The van der Waals surface area contributed by atoms with Gasteiger partial charge in [0.05, 0.1) is 7.11 Å². The number of rotatable bonds is 4. The van der Waals surface area contributed by atoms with E-state index in [0.717, 1.165) is 16.9 Å². The van der Waals surface area contributed by atoms with Crippen molar-refractivity contribution in [2.45, 2.75) is 12.1 Å². The van der Waals surface area contributed by atoms with Crippen LogP contribution in [0.2, 0.25) is 0 Å². The third kappa shape index (κ3) is 3.90. The Kier molecular flexibility index (Phi) is 6.23. The minimum atomic E-state index is -0.224. The zero-order valence-corrected chi connectivity index (χ0v) is 13.0. The van der Waals surface area contributed by atoms with Crippen molar-refractivity contribution in [2.75, 3.05) is 7.11 Å². The first-order valence-electron chi connectivity index (χ1n) is 5.92. The van der Waals surface area contributed by atoms with Gasteiger partial charge in [-0.05, 0) is 23.3 Å². The van der Waals surface area contributed by atoms with E-state index in [4.69, 9.17) is 16.2 Å². The van der Waals surface area contributed by atoms with Crippen LogP contribution in [0, 0.1) is 0 Å². The van der Waals surface area contributed by atoms with Gasteiger partial charge in [-0.1, -0.05) is 42.5 Å². The summed E-state index contributed by atoms with van der Waals surface area (Å²) < 4.78 is 5.12. The quantitative estimate of drug-likeness (QED) is 0.773. The Bertz CT molecular complexity index is 487. The first-order chi connectivity index (χ1) is 8.72. The van der Waals surface area contributed by atoms with Gasteiger partial charge in [0.1, 0.15) is 5.75 Å². The zero-order valence-electron chi connectivity index (χ0n) is 10.7. The van der Waals surface area contributed by atoms with E-state index in [2.05, 4.69) is 0 Å². The predicted molar refractivity (Wildman–Crippen MR) is 73.3 cm³/mol. The van der Waals surface area contributed by atoms with Gasteiger partial charge in [0, 0.05) is 33.1 Å². The van der Waals surface area contributed by atoms with Crippen molar-refractivity contribution in [3.63, 3.8) is 0 Å². The molecule has 4 heteroatoms. The average Bonchev–Trinajstić information content (AvgIpc) is 2.47. The molecule has 0 radical (unpaired) electrons. The molecule has 2 atom stereocenters. The van der Waals surface area contributed by atoms with Crippen molar-refractivity contribution >= 4 is 0 Å². The molecule has 2 aromatic rings. The Balaban J connectivity index is 0.00000180. The molecule has 0 aliphatic heterocycles. The summed E-state index contributed by atoms with van der Waals surface area (Å²) in [4.78, 5) is 0. The van der Waals surface area contributed by atoms with Gasteiger partial charge < -0.3 is 16.2 Å². The van der Waals surface area contributed by atoms with Crippen LogP contribution in [0.5, 0.6) is 5.75 Å². The fraction of sp³-hybridized carbons (Fsp3) is 0.200. The molecule has 0 heterocycles. The smallest absolute Gasteiger partial charge is 0.118 e. The molecule has 2 unspecified atom stereocenters. The Morgan fingerprint density at radius 2 is 1.26 bits per heavy atom. The number of benzene rings is 2. The van der Waals surface area contributed by atoms with Gasteiger partial charge in [-0.25, -0.2) is 0 Å². The van der Waals surface area contributed by atoms with Crippen molar-refractivity contribution in [2.24, 2.45) is 11.5 Å². The predicted octanol–water partition coefficient (Wildman–Crippen LogP) is 2.39. The largest absolute Gasteiger partial charge is 0.497 e. The molecule has 0 saturated heterocycles. The van der Waals surface area contributed by atoms with Gasteiger partial charge in [0.2, 0.25) is 0 Å². The first kappa shape index (κ1) is 15.9. The van der Waals surface area contributed by atoms with E-state index in [0.29, 0.717) is 0 Å². The molecule has 0 aliphatic rings. The molecule has 0 saturated carbocycles. The van der Waals surface area contributed by atoms with Crippen LogP contribution >= 0.6 is 0 Å². The number of ether oxygens (including phenoxy) is 1. The molecule has 19 heavy (non-hydrogen) atoms. The van der Waals surface area contributed by atoms with Crippen molar-refractivity contribution in [1.82, 2.24) is 0 Å². The van der Waals surface area contributed by atoms with Crippen molar-refractivity contribution < 1.29 is 25.8 Å². The van der Waals surface area contributed by atoms with Crippen LogP contribution in [0.4, 0.5) is 0 Å². The average molecular weight is 437 g/mol. The monoisotopic (exact) mass is 437 g/mol. The van der Waals surface area contributed by atoms with E-state index < -0.39 is 0 Å². The first-order valence-corrected chi connectivity index (χ1v) is 5.92. The van der Waals surface area contributed by atoms with Crippen LogP contribution in [0.1, 0.15) is 23.2 Å². The van der Waals surface area contributed by atoms with Crippen LogP contribution in [0.3, 0.4) is 0 Å². The molecule has 0 fully saturated rings. The molecule has 0 amide bonds. The van der Waals surface area contributed by atoms with E-state index in [9.17, 15) is 0 Å². The molecule has 0 aromatic heterocycles. The minimum absolute atomic E-state index is 0. The Morgan fingerprint density at radius 3 is 1.74 bits per heavy atom. The van der Waals surface area contributed by atoms with Crippen LogP contribution < -0.4 is 16.2 Å². The topological polar surface area (TPSA) is 61.3 Å². The summed E-state index contributed by atoms with van der Waals surface area (Å²) in [5, 5.41) is 0. The second-order valence-electron chi connectivity index (χ2n) is 4.24. The molecule has 0 bridgehead atoms. The summed E-state index contributed by atoms with van der Waals surface area (Å²) in [5.74, 6) is 0.819. The normalized spacial score (nSPS) is 13.2. The maximum absolute atomic E-state index is 6.20. The van der Waals surface area contributed by atoms with Crippen LogP contribution in [-0.2, 0) is 21.1 Å². The van der Waals surface area contributed by atoms with Crippen LogP contribution in [0.15, 0.2) is 54.6 Å². The fourth-order valence-corrected chi connectivity index (χ4v) is 1.92. The molecule has 4 N–H and O–H groups in total. The summed E-state index contributed by atoms with van der Waals surface area (Å²) in [5.41, 5.74) is 14.4. The Morgan fingerprint density at radius 1 is 0.789 bits per heavy atom. The summed E-state index contributed by atoms with van der Waals surface area (Å²) in [6.07, 6.45) is 0. The van der Waals surface area contributed by atoms with Gasteiger partial charge in [-0.2, -0.15) is 0 Å². The standard InChI is InChI=1S/C15H18N2O.Pt/c1-18-13-9-7-12(8-10-13)15(17)14(16)11-5-3-2-4-6-11;/h2-10,14-15H,16-17H2,1H3;. The van der Waals surface area contributed by atoms with E-state index in [1.807, 2.05) is 54.6 Å². The van der Waals surface area contributed by atoms with Gasteiger partial charge in [0.15, 0.2) is 0 Å². The molecule has 0 spiro atoms. The fourth-order valence-electron chi connectivity index (χ4n) is 1.92. The molecule has 0 aliphatic carbocycles. The maximum atomic E-state index is 6.20. The number of methoxy groups -OCH3 is 1. The van der Waals surface area contributed by atoms with Gasteiger partial charge in [-0.3, -0.25) is 0 Å². The third-order valence-electron chi connectivity index (χ3n) is 3.07. The molecular weight excluding hydrogens is 419 g/mol. The van der Waals surface area contributed by atoms with Crippen molar-refractivity contribution in [1.29, 1.82) is 0 Å². The molecule has 104 valence electrons. The Hall–Kier alpha value is -1.15. The van der Waals surface area contributed by atoms with E-state index in [1.54, 1.807) is 7.11 Å². The molecular formula is C15H18N2OPt. The van der Waals surface area contributed by atoms with E-state index in [-0.39, 0.29) is 33.1 Å². The van der Waals surface area contributed by atoms with Crippen LogP contribution in [0.25, 0.3) is 0 Å². The number of hydrogen-bond acceptors (Lipinski definition) is 3.